The van der Waals surface area contributed by atoms with Crippen LogP contribution in [0.25, 0.3) is 0 Å². The number of ether oxygens (including phenoxy) is 1. The molecular weight excluding hydrogens is 296 g/mol. The molecule has 6 nitrogen and oxygen atoms in total. The highest BCUT2D eigenvalue weighted by molar-refractivity contribution is 5.98. The highest BCUT2D eigenvalue weighted by Gasteiger charge is 2.24. The maximum absolute atomic E-state index is 12.6. The number of carbonyl (C=O) groups excluding carboxylic acids is 2. The zero-order valence-corrected chi connectivity index (χ0v) is 13.5. The molecular formula is C17H24N2O4. The van der Waals surface area contributed by atoms with E-state index in [1.165, 1.54) is 4.90 Å². The maximum atomic E-state index is 12.6. The summed E-state index contributed by atoms with van der Waals surface area (Å²) in [4.78, 5) is 27.9. The normalized spacial score (nSPS) is 16.1. The van der Waals surface area contributed by atoms with Gasteiger partial charge in [0.05, 0.1) is 19.3 Å². The lowest BCUT2D eigenvalue weighted by atomic mass is 10.1. The van der Waals surface area contributed by atoms with Gasteiger partial charge in [0.25, 0.3) is 0 Å². The summed E-state index contributed by atoms with van der Waals surface area (Å²) in [7, 11) is 0. The Morgan fingerprint density at radius 1 is 1.26 bits per heavy atom. The largest absolute Gasteiger partial charge is 0.465 e. The summed E-state index contributed by atoms with van der Waals surface area (Å²) in [6.07, 6.45) is 1.08. The van der Waals surface area contributed by atoms with Crippen molar-refractivity contribution in [2.24, 2.45) is 0 Å². The second kappa shape index (κ2) is 8.64. The molecule has 1 aliphatic heterocycles. The Hall–Kier alpha value is -1.92. The van der Waals surface area contributed by atoms with E-state index in [4.69, 9.17) is 4.74 Å². The molecule has 1 aliphatic rings. The summed E-state index contributed by atoms with van der Waals surface area (Å²) >= 11 is 0. The van der Waals surface area contributed by atoms with Crippen molar-refractivity contribution in [1.82, 2.24) is 4.90 Å². The maximum Gasteiger partial charge on any atom is 0.326 e. The van der Waals surface area contributed by atoms with E-state index in [0.717, 1.165) is 0 Å². The molecule has 126 valence electrons. The van der Waals surface area contributed by atoms with E-state index in [1.54, 1.807) is 19.1 Å². The predicted molar refractivity (Wildman–Crippen MR) is 87.1 cm³/mol. The van der Waals surface area contributed by atoms with E-state index in [2.05, 4.69) is 0 Å². The number of nitrogens with zero attached hydrogens (tertiary/aromatic N) is 2. The molecule has 0 aliphatic carbocycles. The Labute approximate surface area is 136 Å². The molecule has 0 unspecified atom stereocenters. The average molecular weight is 320 g/mol. The SMILES string of the molecule is CCOC(=O)CN(C(=O)CN1CCC(O)CC1)c1ccccc1. The molecule has 0 atom stereocenters. The van der Waals surface area contributed by atoms with Crippen LogP contribution in [0.2, 0.25) is 0 Å². The summed E-state index contributed by atoms with van der Waals surface area (Å²) in [5, 5.41) is 9.54. The molecule has 1 aromatic carbocycles. The number of likely N-dealkylation sites (tertiary alicyclic amines) is 1. The van der Waals surface area contributed by atoms with E-state index >= 15 is 0 Å². The summed E-state index contributed by atoms with van der Waals surface area (Å²) in [6.45, 7) is 3.56. The highest BCUT2D eigenvalue weighted by Crippen LogP contribution is 2.15. The lowest BCUT2D eigenvalue weighted by Gasteiger charge is -2.31. The molecule has 2 rings (SSSR count). The second-order valence-corrected chi connectivity index (χ2v) is 5.63. The van der Waals surface area contributed by atoms with Crippen molar-refractivity contribution in [3.8, 4) is 0 Å². The number of piperidine rings is 1. The van der Waals surface area contributed by atoms with Gasteiger partial charge in [-0.2, -0.15) is 0 Å². The minimum Gasteiger partial charge on any atom is -0.465 e. The third-order valence-electron chi connectivity index (χ3n) is 3.88. The van der Waals surface area contributed by atoms with Crippen molar-refractivity contribution in [1.29, 1.82) is 0 Å². The van der Waals surface area contributed by atoms with Gasteiger partial charge in [-0.1, -0.05) is 18.2 Å². The molecule has 0 aromatic heterocycles. The van der Waals surface area contributed by atoms with Crippen molar-refractivity contribution < 1.29 is 19.4 Å². The quantitative estimate of drug-likeness (QED) is 0.793. The van der Waals surface area contributed by atoms with Crippen molar-refractivity contribution in [3.63, 3.8) is 0 Å². The first-order chi connectivity index (χ1) is 11.1. The molecule has 1 saturated heterocycles. The molecule has 0 saturated carbocycles. The Morgan fingerprint density at radius 3 is 2.52 bits per heavy atom. The number of amides is 1. The van der Waals surface area contributed by atoms with Crippen LogP contribution in [0.4, 0.5) is 5.69 Å². The average Bonchev–Trinajstić information content (AvgIpc) is 2.56. The van der Waals surface area contributed by atoms with Gasteiger partial charge in [0, 0.05) is 18.8 Å². The third kappa shape index (κ3) is 5.33. The number of esters is 1. The summed E-state index contributed by atoms with van der Waals surface area (Å²) in [5.74, 6) is -0.556. The van der Waals surface area contributed by atoms with Crippen LogP contribution < -0.4 is 4.90 Å². The monoisotopic (exact) mass is 320 g/mol. The number of hydrogen-bond acceptors (Lipinski definition) is 5. The zero-order chi connectivity index (χ0) is 16.7. The smallest absolute Gasteiger partial charge is 0.326 e. The number of benzene rings is 1. The number of aliphatic hydroxyl groups excluding tert-OH is 1. The van der Waals surface area contributed by atoms with Gasteiger partial charge in [-0.25, -0.2) is 0 Å². The zero-order valence-electron chi connectivity index (χ0n) is 13.5. The molecule has 1 N–H and O–H groups in total. The van der Waals surface area contributed by atoms with Gasteiger partial charge >= 0.3 is 5.97 Å². The molecule has 0 spiro atoms. The van der Waals surface area contributed by atoms with Crippen LogP contribution in [0.5, 0.6) is 0 Å². The van der Waals surface area contributed by atoms with Gasteiger partial charge in [-0.15, -0.1) is 0 Å². The first-order valence-corrected chi connectivity index (χ1v) is 8.01. The lowest BCUT2D eigenvalue weighted by molar-refractivity contribution is -0.142. The molecule has 1 amide bonds. The minimum atomic E-state index is -0.418. The summed E-state index contributed by atoms with van der Waals surface area (Å²) in [5.41, 5.74) is 0.683. The van der Waals surface area contributed by atoms with E-state index in [-0.39, 0.29) is 25.1 Å². The van der Waals surface area contributed by atoms with Gasteiger partial charge in [0.2, 0.25) is 5.91 Å². The summed E-state index contributed by atoms with van der Waals surface area (Å²) in [6, 6.07) is 9.13. The van der Waals surface area contributed by atoms with Crippen LogP contribution in [0.3, 0.4) is 0 Å². The van der Waals surface area contributed by atoms with Crippen molar-refractivity contribution in [3.05, 3.63) is 30.3 Å². The molecule has 6 heteroatoms. The van der Waals surface area contributed by atoms with Crippen LogP contribution in [0.15, 0.2) is 30.3 Å². The van der Waals surface area contributed by atoms with Crippen LogP contribution in [0.1, 0.15) is 19.8 Å². The molecule has 1 aromatic rings. The number of para-hydroxylation sites is 1. The fourth-order valence-electron chi connectivity index (χ4n) is 2.62. The van der Waals surface area contributed by atoms with E-state index in [9.17, 15) is 14.7 Å². The fraction of sp³-hybridized carbons (Fsp3) is 0.529. The van der Waals surface area contributed by atoms with Crippen LogP contribution in [-0.4, -0.2) is 60.8 Å². The van der Waals surface area contributed by atoms with E-state index in [1.807, 2.05) is 23.1 Å². The van der Waals surface area contributed by atoms with Crippen molar-refractivity contribution in [2.45, 2.75) is 25.9 Å². The first kappa shape index (κ1) is 17.4. The Morgan fingerprint density at radius 2 is 1.91 bits per heavy atom. The Bertz CT molecular complexity index is 513. The standard InChI is InChI=1S/C17H24N2O4/c1-2-23-17(22)13-19(14-6-4-3-5-7-14)16(21)12-18-10-8-15(20)9-11-18/h3-7,15,20H,2,8-13H2,1H3. The van der Waals surface area contributed by atoms with Crippen LogP contribution in [-0.2, 0) is 14.3 Å². The Kier molecular flexibility index (Phi) is 6.55. The van der Waals surface area contributed by atoms with E-state index in [0.29, 0.717) is 38.2 Å². The van der Waals surface area contributed by atoms with E-state index < -0.39 is 5.97 Å². The lowest BCUT2D eigenvalue weighted by Crippen LogP contribution is -2.46. The molecule has 1 fully saturated rings. The molecule has 0 bridgehead atoms. The van der Waals surface area contributed by atoms with Gasteiger partial charge in [0.15, 0.2) is 0 Å². The topological polar surface area (TPSA) is 70.1 Å². The number of carbonyl (C=O) groups is 2. The van der Waals surface area contributed by atoms with Crippen molar-refractivity contribution in [2.75, 3.05) is 37.7 Å². The molecule has 1 heterocycles. The van der Waals surface area contributed by atoms with Gasteiger partial charge in [-0.3, -0.25) is 14.5 Å². The molecule has 0 radical (unpaired) electrons. The number of rotatable bonds is 6. The fourth-order valence-corrected chi connectivity index (χ4v) is 2.62. The van der Waals surface area contributed by atoms with Crippen LogP contribution >= 0.6 is 0 Å². The number of anilines is 1. The molecule has 23 heavy (non-hydrogen) atoms. The second-order valence-electron chi connectivity index (χ2n) is 5.63. The highest BCUT2D eigenvalue weighted by atomic mass is 16.5. The summed E-state index contributed by atoms with van der Waals surface area (Å²) < 4.78 is 4.97. The van der Waals surface area contributed by atoms with Gasteiger partial charge < -0.3 is 14.7 Å². The third-order valence-corrected chi connectivity index (χ3v) is 3.88. The van der Waals surface area contributed by atoms with Crippen LogP contribution in [0, 0.1) is 0 Å². The van der Waals surface area contributed by atoms with Crippen molar-refractivity contribution >= 4 is 17.6 Å². The van der Waals surface area contributed by atoms with Gasteiger partial charge in [0.1, 0.15) is 6.54 Å². The Balaban J connectivity index is 2.03. The van der Waals surface area contributed by atoms with Gasteiger partial charge in [-0.05, 0) is 31.9 Å². The minimum absolute atomic E-state index is 0.0901. The predicted octanol–water partition coefficient (Wildman–Crippen LogP) is 1.04. The number of aliphatic hydroxyl groups is 1. The number of hydrogen-bond donors (Lipinski definition) is 1. The first-order valence-electron chi connectivity index (χ1n) is 8.01.